The molecule has 0 heterocycles. The summed E-state index contributed by atoms with van der Waals surface area (Å²) in [7, 11) is -9.86. The van der Waals surface area contributed by atoms with Crippen molar-refractivity contribution in [3.8, 4) is 0 Å². The molecule has 0 aliphatic carbocycles. The van der Waals surface area contributed by atoms with Gasteiger partial charge in [-0.25, -0.2) is 9.13 Å². The Morgan fingerprint density at radius 3 is 0.907 bits per heavy atom. The molecular formula is C56H108O17P2. The molecule has 5 atom stereocenters. The SMILES string of the molecule is CCCCCCCCCC(=O)OC[C@H](COP(=O)(O)OC[C@H](O)COP(=O)(O)OC[C@@H](COC(=O)CCCCCCCCCC(C)C)OC(=O)CCCCCCCCCCC(C)C)OC(=O)CCCCCCCCC. The number of phosphoric acid groups is 2. The molecule has 19 heteroatoms. The van der Waals surface area contributed by atoms with Crippen molar-refractivity contribution >= 4 is 39.5 Å². The van der Waals surface area contributed by atoms with Gasteiger partial charge in [-0.3, -0.25) is 37.3 Å². The highest BCUT2D eigenvalue weighted by molar-refractivity contribution is 7.47. The Morgan fingerprint density at radius 1 is 0.360 bits per heavy atom. The van der Waals surface area contributed by atoms with Crippen LogP contribution in [0.25, 0.3) is 0 Å². The summed E-state index contributed by atoms with van der Waals surface area (Å²) in [4.78, 5) is 71.6. The molecule has 0 bridgehead atoms. The summed E-state index contributed by atoms with van der Waals surface area (Å²) in [5.74, 6) is -0.733. The lowest BCUT2D eigenvalue weighted by atomic mass is 10.0. The molecule has 0 aliphatic rings. The first-order valence-corrected chi connectivity index (χ1v) is 32.5. The lowest BCUT2D eigenvalue weighted by molar-refractivity contribution is -0.161. The Balaban J connectivity index is 5.20. The Kier molecular flexibility index (Phi) is 47.9. The summed E-state index contributed by atoms with van der Waals surface area (Å²) in [6, 6.07) is 0. The molecule has 0 saturated heterocycles. The normalized spacial score (nSPS) is 14.5. The maximum atomic E-state index is 12.9. The van der Waals surface area contributed by atoms with E-state index in [1.54, 1.807) is 0 Å². The Morgan fingerprint density at radius 2 is 0.613 bits per heavy atom. The molecule has 3 N–H and O–H groups in total. The number of aliphatic hydroxyl groups is 1. The van der Waals surface area contributed by atoms with Gasteiger partial charge in [-0.2, -0.15) is 0 Å². The predicted octanol–water partition coefficient (Wildman–Crippen LogP) is 14.5. The molecule has 444 valence electrons. The van der Waals surface area contributed by atoms with Crippen molar-refractivity contribution in [2.45, 2.75) is 285 Å². The molecular weight excluding hydrogens is 1010 g/mol. The molecule has 75 heavy (non-hydrogen) atoms. The molecule has 0 rings (SSSR count). The monoisotopic (exact) mass is 1110 g/mol. The second-order valence-corrected chi connectivity index (χ2v) is 24.2. The van der Waals surface area contributed by atoms with E-state index in [4.69, 9.17) is 37.0 Å². The maximum Gasteiger partial charge on any atom is 0.472 e. The van der Waals surface area contributed by atoms with Crippen LogP contribution in [-0.4, -0.2) is 96.7 Å². The van der Waals surface area contributed by atoms with Crippen LogP contribution in [0.2, 0.25) is 0 Å². The molecule has 2 unspecified atom stereocenters. The molecule has 0 amide bonds. The van der Waals surface area contributed by atoms with E-state index in [0.717, 1.165) is 128 Å². The molecule has 0 saturated carbocycles. The highest BCUT2D eigenvalue weighted by Crippen LogP contribution is 2.45. The molecule has 0 aromatic heterocycles. The summed E-state index contributed by atoms with van der Waals surface area (Å²) in [5.41, 5.74) is 0. The zero-order chi connectivity index (χ0) is 55.8. The van der Waals surface area contributed by atoms with Crippen molar-refractivity contribution in [2.75, 3.05) is 39.6 Å². The van der Waals surface area contributed by atoms with Gasteiger partial charge >= 0.3 is 39.5 Å². The van der Waals surface area contributed by atoms with Crippen molar-refractivity contribution in [1.29, 1.82) is 0 Å². The van der Waals surface area contributed by atoms with E-state index >= 15 is 0 Å². The lowest BCUT2D eigenvalue weighted by Crippen LogP contribution is -2.30. The number of hydrogen-bond donors (Lipinski definition) is 3. The van der Waals surface area contributed by atoms with E-state index in [-0.39, 0.29) is 25.7 Å². The second-order valence-electron chi connectivity index (χ2n) is 21.3. The van der Waals surface area contributed by atoms with Crippen LogP contribution in [0.1, 0.15) is 266 Å². The fourth-order valence-electron chi connectivity index (χ4n) is 8.12. The number of aliphatic hydroxyl groups excluding tert-OH is 1. The largest absolute Gasteiger partial charge is 0.472 e. The van der Waals surface area contributed by atoms with E-state index in [2.05, 4.69) is 41.5 Å². The predicted molar refractivity (Wildman–Crippen MR) is 294 cm³/mol. The average Bonchev–Trinajstić information content (AvgIpc) is 3.36. The molecule has 0 aromatic rings. The van der Waals surface area contributed by atoms with Gasteiger partial charge < -0.3 is 33.8 Å². The molecule has 0 fully saturated rings. The highest BCUT2D eigenvalue weighted by atomic mass is 31.2. The number of carbonyl (C=O) groups excluding carboxylic acids is 4. The minimum absolute atomic E-state index is 0.103. The van der Waals surface area contributed by atoms with Crippen LogP contribution in [0.3, 0.4) is 0 Å². The third-order valence-corrected chi connectivity index (χ3v) is 14.6. The number of ether oxygens (including phenoxy) is 4. The number of carbonyl (C=O) groups is 4. The fraction of sp³-hybridized carbons (Fsp3) is 0.929. The lowest BCUT2D eigenvalue weighted by Gasteiger charge is -2.21. The van der Waals surface area contributed by atoms with Crippen LogP contribution in [0, 0.1) is 11.8 Å². The van der Waals surface area contributed by atoms with Gasteiger partial charge in [-0.15, -0.1) is 0 Å². The van der Waals surface area contributed by atoms with Crippen molar-refractivity contribution in [1.82, 2.24) is 0 Å². The number of phosphoric ester groups is 2. The Labute approximate surface area is 454 Å². The van der Waals surface area contributed by atoms with Gasteiger partial charge in [0.2, 0.25) is 0 Å². The van der Waals surface area contributed by atoms with Gasteiger partial charge in [0, 0.05) is 25.7 Å². The molecule has 0 radical (unpaired) electrons. The van der Waals surface area contributed by atoms with E-state index in [1.165, 1.54) is 51.4 Å². The van der Waals surface area contributed by atoms with Crippen molar-refractivity contribution in [3.63, 3.8) is 0 Å². The minimum atomic E-state index is -4.93. The first-order valence-electron chi connectivity index (χ1n) is 29.5. The van der Waals surface area contributed by atoms with Crippen LogP contribution >= 0.6 is 15.6 Å². The van der Waals surface area contributed by atoms with Gasteiger partial charge in [-0.05, 0) is 37.5 Å². The third-order valence-electron chi connectivity index (χ3n) is 12.7. The zero-order valence-corrected chi connectivity index (χ0v) is 49.6. The van der Waals surface area contributed by atoms with Gasteiger partial charge in [0.05, 0.1) is 26.4 Å². The summed E-state index contributed by atoms with van der Waals surface area (Å²) in [6.45, 7) is 9.24. The van der Waals surface area contributed by atoms with Crippen LogP contribution in [0.4, 0.5) is 0 Å². The molecule has 0 spiro atoms. The van der Waals surface area contributed by atoms with Crippen molar-refractivity contribution in [2.24, 2.45) is 11.8 Å². The first-order chi connectivity index (χ1) is 35.9. The van der Waals surface area contributed by atoms with Gasteiger partial charge in [0.1, 0.15) is 19.3 Å². The van der Waals surface area contributed by atoms with E-state index in [1.807, 2.05) is 0 Å². The van der Waals surface area contributed by atoms with Crippen LogP contribution in [0.5, 0.6) is 0 Å². The van der Waals surface area contributed by atoms with Crippen LogP contribution in [0.15, 0.2) is 0 Å². The number of hydrogen-bond acceptors (Lipinski definition) is 15. The van der Waals surface area contributed by atoms with E-state index in [0.29, 0.717) is 31.6 Å². The molecule has 17 nitrogen and oxygen atoms in total. The number of unbranched alkanes of at least 4 members (excludes halogenated alkanes) is 25. The van der Waals surface area contributed by atoms with Gasteiger partial charge in [-0.1, -0.05) is 215 Å². The first kappa shape index (κ1) is 73.1. The Bertz CT molecular complexity index is 1500. The number of esters is 4. The quantitative estimate of drug-likeness (QED) is 0.0222. The molecule has 0 aromatic carbocycles. The van der Waals surface area contributed by atoms with Crippen LogP contribution in [-0.2, 0) is 65.4 Å². The smallest absolute Gasteiger partial charge is 0.462 e. The van der Waals surface area contributed by atoms with Crippen molar-refractivity contribution in [3.05, 3.63) is 0 Å². The highest BCUT2D eigenvalue weighted by Gasteiger charge is 2.30. The zero-order valence-electron chi connectivity index (χ0n) is 47.8. The number of rotatable bonds is 55. The van der Waals surface area contributed by atoms with E-state index < -0.39 is 97.5 Å². The Hall–Kier alpha value is -1.94. The van der Waals surface area contributed by atoms with Crippen molar-refractivity contribution < 1.29 is 80.2 Å². The fourth-order valence-corrected chi connectivity index (χ4v) is 9.70. The maximum absolute atomic E-state index is 12.9. The summed E-state index contributed by atoms with van der Waals surface area (Å²) in [5, 5.41) is 10.5. The average molecular weight is 1120 g/mol. The summed E-state index contributed by atoms with van der Waals surface area (Å²) in [6.07, 6.45) is 28.4. The van der Waals surface area contributed by atoms with Gasteiger partial charge in [0.25, 0.3) is 0 Å². The third kappa shape index (κ3) is 51.3. The summed E-state index contributed by atoms with van der Waals surface area (Å²) >= 11 is 0. The minimum Gasteiger partial charge on any atom is -0.462 e. The molecule has 0 aliphatic heterocycles. The summed E-state index contributed by atoms with van der Waals surface area (Å²) < 4.78 is 67.4. The van der Waals surface area contributed by atoms with Gasteiger partial charge in [0.15, 0.2) is 12.2 Å². The second kappa shape index (κ2) is 49.1. The standard InChI is InChI=1S/C56H108O17P2/c1-7-9-11-13-18-26-32-38-53(58)66-44-51(72-55(60)40-34-28-19-14-12-10-8-2)46-70-74(62,63)68-42-50(57)43-69-75(64,65)71-47-52(45-67-54(59)39-33-27-23-17-21-25-31-37-49(5)6)73-56(61)41-35-29-22-16-15-20-24-30-36-48(3)4/h48-52,57H,7-47H2,1-6H3,(H,62,63)(H,64,65)/t50-,51+,52+/m0/s1. The van der Waals surface area contributed by atoms with Crippen LogP contribution < -0.4 is 0 Å². The topological polar surface area (TPSA) is 237 Å². The van der Waals surface area contributed by atoms with E-state index in [9.17, 15) is 43.2 Å².